The lowest BCUT2D eigenvalue weighted by Gasteiger charge is -2.10. The average Bonchev–Trinajstić information content (AvgIpc) is 2.89. The molecule has 21 heavy (non-hydrogen) atoms. The van der Waals surface area contributed by atoms with Gasteiger partial charge >= 0.3 is 0 Å². The van der Waals surface area contributed by atoms with Gasteiger partial charge in [-0.2, -0.15) is 0 Å². The molecule has 0 unspecified atom stereocenters. The number of nitrogen functional groups attached to an aromatic ring is 1. The molecule has 3 aromatic rings. The van der Waals surface area contributed by atoms with Crippen LogP contribution in [0.3, 0.4) is 0 Å². The van der Waals surface area contributed by atoms with Gasteiger partial charge in [0.2, 0.25) is 0 Å². The van der Waals surface area contributed by atoms with Gasteiger partial charge in [0.05, 0.1) is 5.56 Å². The molecule has 5 heteroatoms. The van der Waals surface area contributed by atoms with E-state index in [4.69, 9.17) is 16.2 Å². The molecule has 0 spiro atoms. The minimum atomic E-state index is -0.549. The van der Waals surface area contributed by atoms with E-state index in [1.807, 2.05) is 12.1 Å². The summed E-state index contributed by atoms with van der Waals surface area (Å²) in [5.74, 6) is -0.0977. The second-order valence-electron chi connectivity index (χ2n) is 4.67. The molecule has 0 fully saturated rings. The fourth-order valence-corrected chi connectivity index (χ4v) is 3.11. The normalized spacial score (nSPS) is 10.7. The van der Waals surface area contributed by atoms with Crippen LogP contribution in [0.2, 0.25) is 0 Å². The van der Waals surface area contributed by atoms with Crippen molar-refractivity contribution in [2.75, 3.05) is 5.73 Å². The summed E-state index contributed by atoms with van der Waals surface area (Å²) in [6, 6.07) is 13.0. The summed E-state index contributed by atoms with van der Waals surface area (Å²) in [4.78, 5) is 11.4. The van der Waals surface area contributed by atoms with E-state index < -0.39 is 5.91 Å². The van der Waals surface area contributed by atoms with Gasteiger partial charge in [0.15, 0.2) is 0 Å². The highest BCUT2D eigenvalue weighted by atomic mass is 32.1. The number of thiophene rings is 1. The first-order valence-electron chi connectivity index (χ1n) is 6.42. The molecule has 4 nitrogen and oxygen atoms in total. The molecule has 0 bridgehead atoms. The third-order valence-electron chi connectivity index (χ3n) is 3.21. The highest BCUT2D eigenvalue weighted by Crippen LogP contribution is 2.28. The quantitative estimate of drug-likeness (QED) is 0.726. The molecule has 0 aliphatic carbocycles. The minimum absolute atomic E-state index is 0.300. The zero-order valence-corrected chi connectivity index (χ0v) is 12.0. The molecule has 0 aliphatic heterocycles. The molecular formula is C16H14N2O2S. The summed E-state index contributed by atoms with van der Waals surface area (Å²) in [6.07, 6.45) is 0. The third-order valence-corrected chi connectivity index (χ3v) is 4.23. The summed E-state index contributed by atoms with van der Waals surface area (Å²) in [7, 11) is 0. The fourth-order valence-electron chi connectivity index (χ4n) is 2.17. The highest BCUT2D eigenvalue weighted by molar-refractivity contribution is 7.17. The molecule has 1 aromatic heterocycles. The van der Waals surface area contributed by atoms with Crippen LogP contribution in [0.15, 0.2) is 47.8 Å². The molecular weight excluding hydrogens is 284 g/mol. The van der Waals surface area contributed by atoms with Crippen LogP contribution in [0, 0.1) is 0 Å². The molecule has 106 valence electrons. The number of hydrogen-bond acceptors (Lipinski definition) is 4. The number of fused-ring (bicyclic) bond motifs is 1. The van der Waals surface area contributed by atoms with Gasteiger partial charge in [0.1, 0.15) is 12.4 Å². The summed E-state index contributed by atoms with van der Waals surface area (Å²) in [5.41, 5.74) is 12.9. The van der Waals surface area contributed by atoms with Crippen molar-refractivity contribution in [2.24, 2.45) is 5.73 Å². The van der Waals surface area contributed by atoms with Crippen molar-refractivity contribution in [2.45, 2.75) is 6.61 Å². The number of amides is 1. The minimum Gasteiger partial charge on any atom is -0.488 e. The first-order chi connectivity index (χ1) is 10.1. The number of carbonyl (C=O) groups excluding carboxylic acids is 1. The molecule has 2 aromatic carbocycles. The lowest BCUT2D eigenvalue weighted by atomic mass is 10.1. The number of rotatable bonds is 4. The van der Waals surface area contributed by atoms with Gasteiger partial charge in [-0.05, 0) is 35.0 Å². The number of nitrogens with two attached hydrogens (primary N) is 2. The molecule has 0 radical (unpaired) electrons. The van der Waals surface area contributed by atoms with Gasteiger partial charge < -0.3 is 16.2 Å². The van der Waals surface area contributed by atoms with Crippen molar-refractivity contribution in [1.82, 2.24) is 0 Å². The van der Waals surface area contributed by atoms with Crippen LogP contribution in [0.25, 0.3) is 10.1 Å². The summed E-state index contributed by atoms with van der Waals surface area (Å²) in [5, 5.41) is 3.23. The number of anilines is 1. The van der Waals surface area contributed by atoms with Crippen LogP contribution in [-0.4, -0.2) is 5.91 Å². The van der Waals surface area contributed by atoms with Crippen molar-refractivity contribution < 1.29 is 9.53 Å². The van der Waals surface area contributed by atoms with E-state index in [0.717, 1.165) is 5.56 Å². The molecule has 0 aliphatic rings. The molecule has 0 saturated heterocycles. The van der Waals surface area contributed by atoms with E-state index in [2.05, 4.69) is 17.5 Å². The number of benzene rings is 2. The van der Waals surface area contributed by atoms with Crippen molar-refractivity contribution in [3.63, 3.8) is 0 Å². The Labute approximate surface area is 125 Å². The average molecular weight is 298 g/mol. The number of ether oxygens (including phenoxy) is 1. The Morgan fingerprint density at radius 2 is 2.00 bits per heavy atom. The third kappa shape index (κ3) is 2.68. The zero-order chi connectivity index (χ0) is 14.8. The van der Waals surface area contributed by atoms with Gasteiger partial charge in [-0.1, -0.05) is 18.2 Å². The second-order valence-corrected chi connectivity index (χ2v) is 5.58. The monoisotopic (exact) mass is 298 g/mol. The van der Waals surface area contributed by atoms with Crippen molar-refractivity contribution >= 4 is 33.0 Å². The molecule has 0 saturated carbocycles. The predicted octanol–water partition coefficient (Wildman–Crippen LogP) is 3.16. The Balaban J connectivity index is 1.87. The zero-order valence-electron chi connectivity index (χ0n) is 11.2. The van der Waals surface area contributed by atoms with Crippen LogP contribution < -0.4 is 16.2 Å². The van der Waals surface area contributed by atoms with Crippen molar-refractivity contribution in [3.05, 3.63) is 59.0 Å². The SMILES string of the molecule is NC(=O)c1cc(N)ccc1OCc1csc2ccccc12. The van der Waals surface area contributed by atoms with E-state index in [9.17, 15) is 4.79 Å². The number of primary amides is 1. The first-order valence-corrected chi connectivity index (χ1v) is 7.30. The summed E-state index contributed by atoms with van der Waals surface area (Å²) >= 11 is 1.67. The number of carbonyl (C=O) groups is 1. The van der Waals surface area contributed by atoms with Gasteiger partial charge in [0.25, 0.3) is 5.91 Å². The van der Waals surface area contributed by atoms with Crippen molar-refractivity contribution in [3.8, 4) is 5.75 Å². The fraction of sp³-hybridized carbons (Fsp3) is 0.0625. The van der Waals surface area contributed by atoms with E-state index in [-0.39, 0.29) is 0 Å². The Morgan fingerprint density at radius 1 is 1.19 bits per heavy atom. The molecule has 0 atom stereocenters. The van der Waals surface area contributed by atoms with E-state index in [1.165, 1.54) is 16.2 Å². The molecule has 1 heterocycles. The van der Waals surface area contributed by atoms with Gasteiger partial charge in [-0.15, -0.1) is 11.3 Å². The van der Waals surface area contributed by atoms with Gasteiger partial charge in [0, 0.05) is 16.0 Å². The topological polar surface area (TPSA) is 78.3 Å². The molecule has 4 N–H and O–H groups in total. The standard InChI is InChI=1S/C16H14N2O2S/c17-11-5-6-14(13(7-11)16(18)19)20-8-10-9-21-15-4-2-1-3-12(10)15/h1-7,9H,8,17H2,(H2,18,19). The van der Waals surface area contributed by atoms with Crippen LogP contribution in [0.1, 0.15) is 15.9 Å². The summed E-state index contributed by atoms with van der Waals surface area (Å²) < 4.78 is 6.97. The van der Waals surface area contributed by atoms with Crippen LogP contribution in [0.5, 0.6) is 5.75 Å². The maximum atomic E-state index is 11.4. The van der Waals surface area contributed by atoms with Crippen LogP contribution in [-0.2, 0) is 6.61 Å². The van der Waals surface area contributed by atoms with Gasteiger partial charge in [-0.25, -0.2) is 0 Å². The van der Waals surface area contributed by atoms with E-state index in [1.54, 1.807) is 23.5 Å². The Hall–Kier alpha value is -2.53. The van der Waals surface area contributed by atoms with E-state index in [0.29, 0.717) is 23.6 Å². The van der Waals surface area contributed by atoms with E-state index >= 15 is 0 Å². The molecule has 3 rings (SSSR count). The smallest absolute Gasteiger partial charge is 0.252 e. The van der Waals surface area contributed by atoms with Crippen LogP contribution >= 0.6 is 11.3 Å². The maximum absolute atomic E-state index is 11.4. The lowest BCUT2D eigenvalue weighted by Crippen LogP contribution is -2.13. The molecule has 1 amide bonds. The first kappa shape index (κ1) is 13.5. The van der Waals surface area contributed by atoms with Crippen LogP contribution in [0.4, 0.5) is 5.69 Å². The highest BCUT2D eigenvalue weighted by Gasteiger charge is 2.11. The largest absolute Gasteiger partial charge is 0.488 e. The Morgan fingerprint density at radius 3 is 2.81 bits per heavy atom. The number of hydrogen-bond donors (Lipinski definition) is 2. The predicted molar refractivity (Wildman–Crippen MR) is 85.5 cm³/mol. The van der Waals surface area contributed by atoms with Gasteiger partial charge in [-0.3, -0.25) is 4.79 Å². The maximum Gasteiger partial charge on any atom is 0.252 e. The Bertz CT molecular complexity index is 811. The summed E-state index contributed by atoms with van der Waals surface area (Å²) in [6.45, 7) is 0.383. The lowest BCUT2D eigenvalue weighted by molar-refractivity contribution is 0.0996. The second kappa shape index (κ2) is 5.46. The van der Waals surface area contributed by atoms with Crippen molar-refractivity contribution in [1.29, 1.82) is 0 Å². The Kier molecular flexibility index (Phi) is 3.50.